The first-order valence-electron chi connectivity index (χ1n) is 5.12. The van der Waals surface area contributed by atoms with Crippen molar-refractivity contribution in [2.45, 2.75) is 6.42 Å². The van der Waals surface area contributed by atoms with Gasteiger partial charge >= 0.3 is 57.4 Å². The van der Waals surface area contributed by atoms with Crippen molar-refractivity contribution in [1.29, 1.82) is 0 Å². The maximum Gasteiger partial charge on any atom is 1.00 e. The van der Waals surface area contributed by atoms with Gasteiger partial charge in [-0.2, -0.15) is 0 Å². The Balaban J connectivity index is 0.00000144. The predicted octanol–water partition coefficient (Wildman–Crippen LogP) is 0.0972. The van der Waals surface area contributed by atoms with Gasteiger partial charge in [-0.05, 0) is 16.7 Å². The summed E-state index contributed by atoms with van der Waals surface area (Å²) in [5.41, 5.74) is 3.08. The Hall–Kier alpha value is -0.454. The SMILES string of the molecule is O=C(O)Cc1ccc(-c2ccccc2)cc1.[H-].[K+]. The molecule has 0 aliphatic carbocycles. The molecule has 1 N–H and O–H groups in total. The standard InChI is InChI=1S/C14H12O2.K.H/c15-14(16)10-11-6-8-13(9-7-11)12-4-2-1-3-5-12;;/h1-9H,10H2,(H,15,16);;/q;+1;-1. The minimum Gasteiger partial charge on any atom is -1.00 e. The van der Waals surface area contributed by atoms with Crippen LogP contribution >= 0.6 is 0 Å². The van der Waals surface area contributed by atoms with Gasteiger partial charge in [-0.3, -0.25) is 4.79 Å². The second-order valence-electron chi connectivity index (χ2n) is 3.63. The van der Waals surface area contributed by atoms with E-state index in [0.717, 1.165) is 16.7 Å². The molecule has 0 aliphatic heterocycles. The van der Waals surface area contributed by atoms with Crippen molar-refractivity contribution < 1.29 is 62.7 Å². The molecule has 0 spiro atoms. The van der Waals surface area contributed by atoms with Crippen LogP contribution in [0, 0.1) is 0 Å². The molecule has 82 valence electrons. The van der Waals surface area contributed by atoms with Crippen LogP contribution in [0.4, 0.5) is 0 Å². The van der Waals surface area contributed by atoms with Crippen molar-refractivity contribution in [3.05, 3.63) is 60.2 Å². The second kappa shape index (κ2) is 7.09. The fourth-order valence-corrected chi connectivity index (χ4v) is 1.62. The van der Waals surface area contributed by atoms with Crippen molar-refractivity contribution in [3.63, 3.8) is 0 Å². The molecule has 0 heterocycles. The van der Waals surface area contributed by atoms with Crippen LogP contribution < -0.4 is 51.4 Å². The molecule has 0 fully saturated rings. The van der Waals surface area contributed by atoms with Crippen LogP contribution in [0.25, 0.3) is 11.1 Å². The average Bonchev–Trinajstić information content (AvgIpc) is 2.30. The molecule has 0 bridgehead atoms. The molecule has 3 heteroatoms. The third kappa shape index (κ3) is 4.37. The molecular weight excluding hydrogens is 239 g/mol. The summed E-state index contributed by atoms with van der Waals surface area (Å²) in [7, 11) is 0. The Morgan fingerprint density at radius 2 is 1.47 bits per heavy atom. The van der Waals surface area contributed by atoms with E-state index in [1.54, 1.807) is 0 Å². The van der Waals surface area contributed by atoms with Gasteiger partial charge in [0, 0.05) is 0 Å². The quantitative estimate of drug-likeness (QED) is 0.787. The third-order valence-electron chi connectivity index (χ3n) is 2.42. The van der Waals surface area contributed by atoms with E-state index >= 15 is 0 Å². The minimum absolute atomic E-state index is 0. The number of carboxylic acids is 1. The summed E-state index contributed by atoms with van der Waals surface area (Å²) in [5.74, 6) is -0.799. The second-order valence-corrected chi connectivity index (χ2v) is 3.63. The summed E-state index contributed by atoms with van der Waals surface area (Å²) < 4.78 is 0. The monoisotopic (exact) mass is 252 g/mol. The number of hydrogen-bond donors (Lipinski definition) is 1. The number of carboxylic acid groups (broad SMARTS) is 1. The summed E-state index contributed by atoms with van der Waals surface area (Å²) >= 11 is 0. The van der Waals surface area contributed by atoms with Gasteiger partial charge < -0.3 is 6.53 Å². The van der Waals surface area contributed by atoms with E-state index in [0.29, 0.717) is 0 Å². The molecule has 0 radical (unpaired) electrons. The largest absolute Gasteiger partial charge is 1.00 e. The maximum absolute atomic E-state index is 10.5. The molecule has 2 rings (SSSR count). The number of benzene rings is 2. The predicted molar refractivity (Wildman–Crippen MR) is 64.3 cm³/mol. The molecule has 0 unspecified atom stereocenters. The summed E-state index contributed by atoms with van der Waals surface area (Å²) in [6, 6.07) is 17.6. The molecule has 0 saturated carbocycles. The van der Waals surface area contributed by atoms with Gasteiger partial charge in [0.15, 0.2) is 0 Å². The Labute approximate surface area is 145 Å². The summed E-state index contributed by atoms with van der Waals surface area (Å²) in [6.07, 6.45) is 0.0784. The zero-order valence-electron chi connectivity index (χ0n) is 10.8. The van der Waals surface area contributed by atoms with Crippen molar-refractivity contribution in [3.8, 4) is 11.1 Å². The Kier molecular flexibility index (Phi) is 6.09. The zero-order chi connectivity index (χ0) is 11.4. The first-order valence-corrected chi connectivity index (χ1v) is 5.12. The number of hydrogen-bond acceptors (Lipinski definition) is 1. The average molecular weight is 252 g/mol. The zero-order valence-corrected chi connectivity index (χ0v) is 12.9. The van der Waals surface area contributed by atoms with E-state index in [-0.39, 0.29) is 59.2 Å². The van der Waals surface area contributed by atoms with Gasteiger partial charge in [-0.1, -0.05) is 54.6 Å². The molecular formula is C14H13KO2. The molecule has 0 amide bonds. The van der Waals surface area contributed by atoms with E-state index in [2.05, 4.69) is 0 Å². The van der Waals surface area contributed by atoms with E-state index in [4.69, 9.17) is 5.11 Å². The molecule has 0 saturated heterocycles. The summed E-state index contributed by atoms with van der Waals surface area (Å²) in [4.78, 5) is 10.5. The smallest absolute Gasteiger partial charge is 1.00 e. The van der Waals surface area contributed by atoms with Crippen LogP contribution in [0.3, 0.4) is 0 Å². The minimum atomic E-state index is -0.799. The van der Waals surface area contributed by atoms with Crippen LogP contribution in [0.15, 0.2) is 54.6 Å². The van der Waals surface area contributed by atoms with Crippen molar-refractivity contribution in [2.75, 3.05) is 0 Å². The molecule has 2 aromatic carbocycles. The first kappa shape index (κ1) is 14.6. The molecule has 0 aromatic heterocycles. The summed E-state index contributed by atoms with van der Waals surface area (Å²) in [6.45, 7) is 0. The van der Waals surface area contributed by atoms with Gasteiger partial charge in [0.25, 0.3) is 0 Å². The van der Waals surface area contributed by atoms with Crippen LogP contribution in [-0.4, -0.2) is 11.1 Å². The molecule has 0 atom stereocenters. The molecule has 17 heavy (non-hydrogen) atoms. The molecule has 0 aliphatic rings. The Morgan fingerprint density at radius 1 is 0.941 bits per heavy atom. The number of aliphatic carboxylic acids is 1. The van der Waals surface area contributed by atoms with Crippen LogP contribution in [0.2, 0.25) is 0 Å². The van der Waals surface area contributed by atoms with E-state index in [9.17, 15) is 4.79 Å². The topological polar surface area (TPSA) is 37.3 Å². The normalized spacial score (nSPS) is 9.41. The molecule has 2 aromatic rings. The van der Waals surface area contributed by atoms with Crippen LogP contribution in [-0.2, 0) is 11.2 Å². The van der Waals surface area contributed by atoms with Crippen LogP contribution in [0.1, 0.15) is 6.99 Å². The van der Waals surface area contributed by atoms with Crippen molar-refractivity contribution in [2.24, 2.45) is 0 Å². The Morgan fingerprint density at radius 3 is 2.00 bits per heavy atom. The van der Waals surface area contributed by atoms with Gasteiger partial charge in [0.1, 0.15) is 0 Å². The van der Waals surface area contributed by atoms with Crippen molar-refractivity contribution in [1.82, 2.24) is 0 Å². The fraction of sp³-hybridized carbons (Fsp3) is 0.0714. The maximum atomic E-state index is 10.5. The molecule has 2 nitrogen and oxygen atoms in total. The fourth-order valence-electron chi connectivity index (χ4n) is 1.62. The van der Waals surface area contributed by atoms with Crippen molar-refractivity contribution >= 4 is 5.97 Å². The van der Waals surface area contributed by atoms with Gasteiger partial charge in [0.05, 0.1) is 6.42 Å². The van der Waals surface area contributed by atoms with Crippen LogP contribution in [0.5, 0.6) is 0 Å². The van der Waals surface area contributed by atoms with Gasteiger partial charge in [-0.25, -0.2) is 0 Å². The summed E-state index contributed by atoms with van der Waals surface area (Å²) in [5, 5.41) is 8.65. The number of carbonyl (C=O) groups is 1. The Bertz CT molecular complexity index is 483. The third-order valence-corrected chi connectivity index (χ3v) is 2.42. The van der Waals surface area contributed by atoms with Gasteiger partial charge in [-0.15, -0.1) is 0 Å². The number of rotatable bonds is 3. The van der Waals surface area contributed by atoms with E-state index in [1.165, 1.54) is 0 Å². The first-order chi connectivity index (χ1) is 7.75. The van der Waals surface area contributed by atoms with E-state index in [1.807, 2.05) is 54.6 Å². The van der Waals surface area contributed by atoms with E-state index < -0.39 is 5.97 Å². The van der Waals surface area contributed by atoms with Gasteiger partial charge in [0.2, 0.25) is 0 Å².